The molecule has 0 spiro atoms. The van der Waals surface area contributed by atoms with Crippen LogP contribution in [0.2, 0.25) is 0 Å². The van der Waals surface area contributed by atoms with Crippen molar-refractivity contribution in [1.82, 2.24) is 0 Å². The topological polar surface area (TPSA) is 0 Å². The minimum atomic E-state index is 0.927. The third kappa shape index (κ3) is 3.74. The third-order valence-corrected chi connectivity index (χ3v) is 0.577. The summed E-state index contributed by atoms with van der Waals surface area (Å²) in [5, 5.41) is 0. The van der Waals surface area contributed by atoms with E-state index in [4.69, 9.17) is 0 Å². The number of rotatable bonds is 3. The lowest BCUT2D eigenvalue weighted by Gasteiger charge is -1.80. The Balaban J connectivity index is 2.49. The van der Waals surface area contributed by atoms with Gasteiger partial charge in [0.15, 0.2) is 0 Å². The van der Waals surface area contributed by atoms with Gasteiger partial charge in [-0.2, -0.15) is 0 Å². The molecule has 0 amide bonds. The fourth-order valence-electron chi connectivity index (χ4n) is 0.246. The van der Waals surface area contributed by atoms with Gasteiger partial charge in [0.25, 0.3) is 0 Å². The number of unbranched alkanes of at least 4 members (excludes halogenated alkanes) is 2. The van der Waals surface area contributed by atoms with Crippen molar-refractivity contribution < 1.29 is 0 Å². The van der Waals surface area contributed by atoms with E-state index in [0.29, 0.717) is 0 Å². The average molecular weight is 82.1 g/mol. The normalized spacial score (nSPS) is 8.17. The molecule has 0 atom stereocenters. The van der Waals surface area contributed by atoms with Gasteiger partial charge in [-0.25, -0.2) is 0 Å². The molecule has 0 heteroatoms. The predicted octanol–water partition coefficient (Wildman–Crippen LogP) is 1.98. The van der Waals surface area contributed by atoms with Crippen molar-refractivity contribution in [2.75, 3.05) is 0 Å². The van der Waals surface area contributed by atoms with Crippen LogP contribution in [0, 0.1) is 12.5 Å². The van der Waals surface area contributed by atoms with E-state index in [9.17, 15) is 0 Å². The molecule has 0 nitrogen and oxygen atoms in total. The van der Waals surface area contributed by atoms with Crippen molar-refractivity contribution in [3.63, 3.8) is 0 Å². The Hall–Kier alpha value is -0.260. The summed E-state index contributed by atoms with van der Waals surface area (Å²) >= 11 is 0. The summed E-state index contributed by atoms with van der Waals surface area (Å²) < 4.78 is 0. The zero-order chi connectivity index (χ0) is 4.83. The van der Waals surface area contributed by atoms with Crippen molar-refractivity contribution >= 4 is 0 Å². The lowest BCUT2D eigenvalue weighted by molar-refractivity contribution is 1.02. The first-order valence-electron chi connectivity index (χ1n) is 2.23. The Labute approximate surface area is 39.9 Å². The van der Waals surface area contributed by atoms with Crippen LogP contribution in [0.1, 0.15) is 19.8 Å². The minimum Gasteiger partial charge on any atom is -0.0956 e. The van der Waals surface area contributed by atoms with Crippen LogP contribution in [-0.4, -0.2) is 0 Å². The van der Waals surface area contributed by atoms with Gasteiger partial charge in [0, 0.05) is 0 Å². The Bertz CT molecular complexity index is 29.0. The van der Waals surface area contributed by atoms with E-state index < -0.39 is 0 Å². The molecule has 0 aromatic rings. The summed E-state index contributed by atoms with van der Waals surface area (Å²) in [6, 6.07) is 0. The first kappa shape index (κ1) is 5.74. The zero-order valence-electron chi connectivity index (χ0n) is 4.20. The van der Waals surface area contributed by atoms with Gasteiger partial charge in [-0.15, -0.1) is 0 Å². The highest BCUT2D eigenvalue weighted by molar-refractivity contribution is 4.68. The molecule has 0 aliphatic rings. The van der Waals surface area contributed by atoms with Gasteiger partial charge >= 0.3 is 0 Å². The Morgan fingerprint density at radius 3 is 2.67 bits per heavy atom. The van der Waals surface area contributed by atoms with Crippen LogP contribution < -0.4 is 0 Å². The molecule has 34 valence electrons. The summed E-state index contributed by atoms with van der Waals surface area (Å²) in [4.78, 5) is 0. The van der Waals surface area contributed by atoms with Gasteiger partial charge in [-0.05, 0) is 12.8 Å². The van der Waals surface area contributed by atoms with Crippen molar-refractivity contribution in [3.8, 4) is 0 Å². The first-order chi connectivity index (χ1) is 2.91. The van der Waals surface area contributed by atoms with E-state index in [-0.39, 0.29) is 0 Å². The quantitative estimate of drug-likeness (QED) is 0.457. The molecule has 2 radical (unpaired) electrons. The highest BCUT2D eigenvalue weighted by Gasteiger charge is 1.72. The summed E-state index contributed by atoms with van der Waals surface area (Å²) in [5.41, 5.74) is 0. The van der Waals surface area contributed by atoms with Crippen molar-refractivity contribution in [2.24, 2.45) is 0 Å². The van der Waals surface area contributed by atoms with Gasteiger partial charge in [0.1, 0.15) is 0 Å². The highest BCUT2D eigenvalue weighted by atomic mass is 13.8. The number of hydrogen-bond acceptors (Lipinski definition) is 0. The van der Waals surface area contributed by atoms with Gasteiger partial charge < -0.3 is 0 Å². The van der Waals surface area contributed by atoms with E-state index in [1.54, 1.807) is 0 Å². The molecule has 0 aliphatic carbocycles. The summed E-state index contributed by atoms with van der Waals surface area (Å²) in [6.07, 6.45) is 6.95. The lowest BCUT2D eigenvalue weighted by Crippen LogP contribution is -1.64. The maximum absolute atomic E-state index is 3.44. The van der Waals surface area contributed by atoms with Crippen LogP contribution in [-0.2, 0) is 0 Å². The minimum absolute atomic E-state index is 0.927. The summed E-state index contributed by atoms with van der Waals surface area (Å²) in [7, 11) is 0. The molecule has 0 saturated carbocycles. The molecule has 6 heavy (non-hydrogen) atoms. The number of allylic oxidation sites excluding steroid dienone is 1. The predicted molar refractivity (Wildman–Crippen MR) is 28.1 cm³/mol. The first-order valence-corrected chi connectivity index (χ1v) is 2.23. The molecule has 0 bridgehead atoms. The summed E-state index contributed by atoms with van der Waals surface area (Å²) in [5.74, 6) is 0. The Morgan fingerprint density at radius 1 is 1.83 bits per heavy atom. The summed E-state index contributed by atoms with van der Waals surface area (Å²) in [6.45, 7) is 5.55. The fraction of sp³-hybridized carbons (Fsp3) is 0.500. The molecule has 0 aromatic heterocycles. The van der Waals surface area contributed by atoms with Gasteiger partial charge in [0.05, 0.1) is 0 Å². The Kier molecular flexibility index (Phi) is 4.53. The lowest BCUT2D eigenvalue weighted by atomic mass is 10.3. The van der Waals surface area contributed by atoms with Gasteiger partial charge in [-0.1, -0.05) is 26.0 Å². The van der Waals surface area contributed by atoms with E-state index in [1.807, 2.05) is 0 Å². The maximum atomic E-state index is 3.44. The zero-order valence-corrected chi connectivity index (χ0v) is 4.20. The van der Waals surface area contributed by atoms with Gasteiger partial charge in [0.2, 0.25) is 0 Å². The van der Waals surface area contributed by atoms with Crippen LogP contribution in [0.25, 0.3) is 0 Å². The van der Waals surface area contributed by atoms with Crippen LogP contribution in [0.3, 0.4) is 0 Å². The average Bonchev–Trinajstić information content (AvgIpc) is 1.61. The SMILES string of the molecule is C=[C]C[CH]CC. The van der Waals surface area contributed by atoms with Crippen LogP contribution in [0.15, 0.2) is 6.58 Å². The molecule has 0 saturated heterocycles. The van der Waals surface area contributed by atoms with Crippen LogP contribution in [0.5, 0.6) is 0 Å². The molecular formula is C6H10. The smallest absolute Gasteiger partial charge is 0.0251 e. The molecule has 0 aromatic carbocycles. The van der Waals surface area contributed by atoms with E-state index >= 15 is 0 Å². The molecule has 0 N–H and O–H groups in total. The van der Waals surface area contributed by atoms with Crippen molar-refractivity contribution in [3.05, 3.63) is 19.1 Å². The molecule has 0 heterocycles. The van der Waals surface area contributed by atoms with E-state index in [1.165, 1.54) is 0 Å². The monoisotopic (exact) mass is 82.1 g/mol. The third-order valence-electron chi connectivity index (χ3n) is 0.577. The maximum Gasteiger partial charge on any atom is -0.0251 e. The van der Waals surface area contributed by atoms with Crippen LogP contribution in [0.4, 0.5) is 0 Å². The Morgan fingerprint density at radius 2 is 2.50 bits per heavy atom. The van der Waals surface area contributed by atoms with E-state index in [2.05, 4.69) is 26.0 Å². The second-order valence-corrected chi connectivity index (χ2v) is 1.15. The van der Waals surface area contributed by atoms with E-state index in [0.717, 1.165) is 12.8 Å². The second-order valence-electron chi connectivity index (χ2n) is 1.15. The highest BCUT2D eigenvalue weighted by Crippen LogP contribution is 1.88. The standard InChI is InChI=1S/C6H10/c1-3-5-6-4-2/h6H,1,4-5H2,2H3. The molecule has 0 rings (SSSR count). The van der Waals surface area contributed by atoms with Gasteiger partial charge in [-0.3, -0.25) is 0 Å². The second kappa shape index (κ2) is 4.74. The molecule has 0 unspecified atom stereocenters. The molecule has 0 fully saturated rings. The number of hydrogen-bond donors (Lipinski definition) is 0. The fourth-order valence-corrected chi connectivity index (χ4v) is 0.246. The molecular weight excluding hydrogens is 72.1 g/mol. The van der Waals surface area contributed by atoms with Crippen LogP contribution >= 0.6 is 0 Å². The van der Waals surface area contributed by atoms with Crippen molar-refractivity contribution in [2.45, 2.75) is 19.8 Å². The van der Waals surface area contributed by atoms with Crippen molar-refractivity contribution in [1.29, 1.82) is 0 Å². The largest absolute Gasteiger partial charge is 0.0956 e. The molecule has 0 aliphatic heterocycles.